The second-order valence-electron chi connectivity index (χ2n) is 3.68. The van der Waals surface area contributed by atoms with Crippen LogP contribution in [-0.2, 0) is 4.79 Å². The molecule has 1 rings (SSSR count). The van der Waals surface area contributed by atoms with Crippen LogP contribution in [0.15, 0.2) is 0 Å². The van der Waals surface area contributed by atoms with Gasteiger partial charge in [0.25, 0.3) is 0 Å². The third-order valence-electron chi connectivity index (χ3n) is 2.33. The Balaban J connectivity index is 2.53. The predicted octanol–water partition coefficient (Wildman–Crippen LogP) is 1.65. The molecular weight excluding hydrogens is 138 g/mol. The second kappa shape index (κ2) is 3.24. The summed E-state index contributed by atoms with van der Waals surface area (Å²) in [5, 5.41) is 0. The van der Waals surface area contributed by atoms with E-state index in [1.54, 1.807) is 0 Å². The van der Waals surface area contributed by atoms with Crippen molar-refractivity contribution < 1.29 is 4.79 Å². The summed E-state index contributed by atoms with van der Waals surface area (Å²) >= 11 is 0. The minimum Gasteiger partial charge on any atom is -0.340 e. The lowest BCUT2D eigenvalue weighted by Gasteiger charge is -2.23. The molecule has 0 unspecified atom stereocenters. The zero-order chi connectivity index (χ0) is 8.43. The molecule has 0 saturated carbocycles. The van der Waals surface area contributed by atoms with Gasteiger partial charge in [-0.2, -0.15) is 0 Å². The van der Waals surface area contributed by atoms with Gasteiger partial charge in [-0.25, -0.2) is 0 Å². The second-order valence-corrected chi connectivity index (χ2v) is 3.68. The van der Waals surface area contributed by atoms with Crippen molar-refractivity contribution in [1.82, 2.24) is 4.90 Å². The zero-order valence-electron chi connectivity index (χ0n) is 7.63. The molecule has 1 amide bonds. The van der Waals surface area contributed by atoms with Crippen molar-refractivity contribution in [2.75, 3.05) is 6.54 Å². The first-order chi connectivity index (χ1) is 5.13. The van der Waals surface area contributed by atoms with Crippen molar-refractivity contribution in [1.29, 1.82) is 0 Å². The van der Waals surface area contributed by atoms with E-state index in [9.17, 15) is 4.79 Å². The molecule has 0 aliphatic carbocycles. The molecule has 0 aromatic carbocycles. The van der Waals surface area contributed by atoms with Crippen LogP contribution in [0, 0.1) is 5.92 Å². The highest BCUT2D eigenvalue weighted by Gasteiger charge is 2.26. The Hall–Kier alpha value is -0.530. The molecule has 1 fully saturated rings. The molecule has 0 aromatic rings. The molecule has 2 nitrogen and oxygen atoms in total. The van der Waals surface area contributed by atoms with Crippen LogP contribution in [-0.4, -0.2) is 23.4 Å². The van der Waals surface area contributed by atoms with Crippen molar-refractivity contribution >= 4 is 5.91 Å². The number of nitrogens with zero attached hydrogens (tertiary/aromatic N) is 1. The highest BCUT2D eigenvalue weighted by molar-refractivity contribution is 5.78. The van der Waals surface area contributed by atoms with Crippen LogP contribution in [0.4, 0.5) is 0 Å². The van der Waals surface area contributed by atoms with Crippen molar-refractivity contribution in [3.8, 4) is 0 Å². The van der Waals surface area contributed by atoms with E-state index in [0.29, 0.717) is 11.9 Å². The maximum Gasteiger partial charge on any atom is 0.225 e. The Labute approximate surface area is 68.6 Å². The molecule has 0 spiro atoms. The van der Waals surface area contributed by atoms with Crippen molar-refractivity contribution in [2.24, 2.45) is 5.92 Å². The number of carbonyl (C=O) groups is 1. The summed E-state index contributed by atoms with van der Waals surface area (Å²) in [6, 6.07) is 0.477. The van der Waals surface area contributed by atoms with Gasteiger partial charge >= 0.3 is 0 Å². The quantitative estimate of drug-likeness (QED) is 0.564. The van der Waals surface area contributed by atoms with Gasteiger partial charge in [-0.05, 0) is 19.8 Å². The van der Waals surface area contributed by atoms with Crippen LogP contribution in [0.3, 0.4) is 0 Å². The molecule has 1 aliphatic heterocycles. The Morgan fingerprint density at radius 2 is 2.18 bits per heavy atom. The number of hydrogen-bond donors (Lipinski definition) is 0. The molecule has 0 radical (unpaired) electrons. The highest BCUT2D eigenvalue weighted by atomic mass is 16.2. The van der Waals surface area contributed by atoms with Crippen molar-refractivity contribution in [2.45, 2.75) is 39.7 Å². The smallest absolute Gasteiger partial charge is 0.225 e. The van der Waals surface area contributed by atoms with E-state index in [0.717, 1.165) is 6.54 Å². The Morgan fingerprint density at radius 1 is 1.55 bits per heavy atom. The lowest BCUT2D eigenvalue weighted by molar-refractivity contribution is -0.134. The first-order valence-electron chi connectivity index (χ1n) is 4.43. The van der Waals surface area contributed by atoms with E-state index in [2.05, 4.69) is 6.92 Å². The summed E-state index contributed by atoms with van der Waals surface area (Å²) in [5.74, 6) is 0.477. The molecule has 2 heteroatoms. The Morgan fingerprint density at radius 3 is 2.55 bits per heavy atom. The van der Waals surface area contributed by atoms with E-state index < -0.39 is 0 Å². The van der Waals surface area contributed by atoms with Crippen LogP contribution >= 0.6 is 0 Å². The maximum absolute atomic E-state index is 11.5. The average molecular weight is 155 g/mol. The van der Waals surface area contributed by atoms with Crippen LogP contribution in [0.25, 0.3) is 0 Å². The SMILES string of the molecule is CC(C)C(=O)N1CCC[C@H]1C. The van der Waals surface area contributed by atoms with Crippen LogP contribution in [0.5, 0.6) is 0 Å². The molecule has 0 bridgehead atoms. The summed E-state index contributed by atoms with van der Waals surface area (Å²) < 4.78 is 0. The molecule has 1 aliphatic rings. The number of amides is 1. The van der Waals surface area contributed by atoms with Crippen LogP contribution in [0.1, 0.15) is 33.6 Å². The fourth-order valence-electron chi connectivity index (χ4n) is 1.59. The number of likely N-dealkylation sites (tertiary alicyclic amines) is 1. The van der Waals surface area contributed by atoms with E-state index in [1.165, 1.54) is 12.8 Å². The van der Waals surface area contributed by atoms with Crippen LogP contribution < -0.4 is 0 Å². The van der Waals surface area contributed by atoms with E-state index in [-0.39, 0.29) is 5.92 Å². The third kappa shape index (κ3) is 1.73. The number of hydrogen-bond acceptors (Lipinski definition) is 1. The summed E-state index contributed by atoms with van der Waals surface area (Å²) in [4.78, 5) is 13.5. The highest BCUT2D eigenvalue weighted by Crippen LogP contribution is 2.18. The minimum absolute atomic E-state index is 0.163. The van der Waals surface area contributed by atoms with E-state index in [1.807, 2.05) is 18.7 Å². The molecule has 1 heterocycles. The lowest BCUT2D eigenvalue weighted by atomic mass is 10.2. The van der Waals surface area contributed by atoms with E-state index >= 15 is 0 Å². The van der Waals surface area contributed by atoms with Gasteiger partial charge < -0.3 is 4.90 Å². The molecule has 11 heavy (non-hydrogen) atoms. The number of carbonyl (C=O) groups excluding carboxylic acids is 1. The maximum atomic E-state index is 11.5. The summed E-state index contributed by atoms with van der Waals surface area (Å²) in [6.45, 7) is 7.03. The monoisotopic (exact) mass is 155 g/mol. The summed E-state index contributed by atoms with van der Waals surface area (Å²) in [7, 11) is 0. The number of rotatable bonds is 1. The van der Waals surface area contributed by atoms with Gasteiger partial charge in [0.15, 0.2) is 0 Å². The largest absolute Gasteiger partial charge is 0.340 e. The predicted molar refractivity (Wildman–Crippen MR) is 45.2 cm³/mol. The molecule has 0 aromatic heterocycles. The zero-order valence-corrected chi connectivity index (χ0v) is 7.63. The van der Waals surface area contributed by atoms with Crippen molar-refractivity contribution in [3.05, 3.63) is 0 Å². The molecule has 64 valence electrons. The van der Waals surface area contributed by atoms with Gasteiger partial charge in [0.1, 0.15) is 0 Å². The average Bonchev–Trinajstić information content (AvgIpc) is 2.33. The van der Waals surface area contributed by atoms with Crippen molar-refractivity contribution in [3.63, 3.8) is 0 Å². The van der Waals surface area contributed by atoms with Gasteiger partial charge in [0.2, 0.25) is 5.91 Å². The van der Waals surface area contributed by atoms with Gasteiger partial charge in [0, 0.05) is 18.5 Å². The minimum atomic E-state index is 0.163. The van der Waals surface area contributed by atoms with E-state index in [4.69, 9.17) is 0 Å². The third-order valence-corrected chi connectivity index (χ3v) is 2.33. The molecular formula is C9H17NO. The van der Waals surface area contributed by atoms with Crippen LogP contribution in [0.2, 0.25) is 0 Å². The fraction of sp³-hybridized carbons (Fsp3) is 0.889. The van der Waals surface area contributed by atoms with Gasteiger partial charge in [0.05, 0.1) is 0 Å². The standard InChI is InChI=1S/C9H17NO/c1-7(2)9(11)10-6-4-5-8(10)3/h7-8H,4-6H2,1-3H3/t8-/m1/s1. The van der Waals surface area contributed by atoms with Gasteiger partial charge in [-0.3, -0.25) is 4.79 Å². The summed E-state index contributed by atoms with van der Waals surface area (Å²) in [5.41, 5.74) is 0. The molecule has 1 saturated heterocycles. The first-order valence-corrected chi connectivity index (χ1v) is 4.43. The summed E-state index contributed by atoms with van der Waals surface area (Å²) in [6.07, 6.45) is 2.36. The topological polar surface area (TPSA) is 20.3 Å². The first kappa shape index (κ1) is 8.57. The normalized spacial score (nSPS) is 24.7. The Bertz CT molecular complexity index is 154. The fourth-order valence-corrected chi connectivity index (χ4v) is 1.59. The molecule has 0 N–H and O–H groups in total. The van der Waals surface area contributed by atoms with Gasteiger partial charge in [-0.1, -0.05) is 13.8 Å². The van der Waals surface area contributed by atoms with Gasteiger partial charge in [-0.15, -0.1) is 0 Å². The lowest BCUT2D eigenvalue weighted by Crippen LogP contribution is -2.36. The molecule has 1 atom stereocenters. The Kier molecular flexibility index (Phi) is 2.53.